The second kappa shape index (κ2) is 5.40. The zero-order valence-corrected chi connectivity index (χ0v) is 11.3. The van der Waals surface area contributed by atoms with E-state index in [9.17, 15) is 0 Å². The lowest BCUT2D eigenvalue weighted by molar-refractivity contribution is 0.318. The second-order valence-electron chi connectivity index (χ2n) is 4.51. The van der Waals surface area contributed by atoms with Gasteiger partial charge in [0.05, 0.1) is 12.3 Å². The first-order valence-corrected chi connectivity index (χ1v) is 7.20. The summed E-state index contributed by atoms with van der Waals surface area (Å²) in [6.45, 7) is 1.77. The molecular formula is C14H15N3OS. The number of benzene rings is 1. The molecule has 19 heavy (non-hydrogen) atoms. The van der Waals surface area contributed by atoms with Crippen molar-refractivity contribution >= 4 is 22.7 Å². The Morgan fingerprint density at radius 3 is 3.05 bits per heavy atom. The molecule has 3 rings (SSSR count). The molecule has 2 heterocycles. The van der Waals surface area contributed by atoms with Crippen LogP contribution in [0.25, 0.3) is 0 Å². The molecule has 1 aromatic carbocycles. The van der Waals surface area contributed by atoms with Gasteiger partial charge in [-0.25, -0.2) is 4.98 Å². The third kappa shape index (κ3) is 2.46. The highest BCUT2D eigenvalue weighted by Gasteiger charge is 2.20. The van der Waals surface area contributed by atoms with E-state index in [4.69, 9.17) is 5.21 Å². The number of aromatic nitrogens is 1. The van der Waals surface area contributed by atoms with Crippen molar-refractivity contribution in [2.24, 2.45) is 5.16 Å². The Kier molecular flexibility index (Phi) is 3.46. The molecule has 2 aromatic rings. The van der Waals surface area contributed by atoms with Gasteiger partial charge < -0.3 is 10.1 Å². The molecule has 0 spiro atoms. The third-order valence-electron chi connectivity index (χ3n) is 3.33. The first-order valence-electron chi connectivity index (χ1n) is 6.32. The SMILES string of the molecule is O/N=C1/CCCN(Cc2nccs2)c2ccccc21. The maximum atomic E-state index is 9.16. The van der Waals surface area contributed by atoms with E-state index >= 15 is 0 Å². The Morgan fingerprint density at radius 1 is 1.37 bits per heavy atom. The Morgan fingerprint density at radius 2 is 2.26 bits per heavy atom. The standard InChI is InChI=1S/C14H15N3OS/c18-16-12-5-3-8-17(10-14-15-7-9-19-14)13-6-2-1-4-11(12)13/h1-2,4,6-7,9,18H,3,5,8,10H2/b16-12-. The highest BCUT2D eigenvalue weighted by atomic mass is 32.1. The van der Waals surface area contributed by atoms with Crippen molar-refractivity contribution in [2.75, 3.05) is 11.4 Å². The largest absolute Gasteiger partial charge is 0.411 e. The van der Waals surface area contributed by atoms with Crippen LogP contribution in [0.15, 0.2) is 41.0 Å². The normalized spacial score (nSPS) is 17.3. The minimum Gasteiger partial charge on any atom is -0.411 e. The molecule has 0 saturated carbocycles. The van der Waals surface area contributed by atoms with Crippen LogP contribution in [0, 0.1) is 0 Å². The van der Waals surface area contributed by atoms with E-state index in [-0.39, 0.29) is 0 Å². The lowest BCUT2D eigenvalue weighted by atomic mass is 10.1. The van der Waals surface area contributed by atoms with Crippen LogP contribution in [0.4, 0.5) is 5.69 Å². The molecular weight excluding hydrogens is 258 g/mol. The van der Waals surface area contributed by atoms with E-state index < -0.39 is 0 Å². The average Bonchev–Trinajstić information content (AvgIpc) is 2.89. The zero-order chi connectivity index (χ0) is 13.1. The van der Waals surface area contributed by atoms with Crippen LogP contribution in [0.1, 0.15) is 23.4 Å². The molecule has 1 N–H and O–H groups in total. The number of fused-ring (bicyclic) bond motifs is 1. The van der Waals surface area contributed by atoms with Gasteiger partial charge in [0.15, 0.2) is 0 Å². The smallest absolute Gasteiger partial charge is 0.112 e. The predicted octanol–water partition coefficient (Wildman–Crippen LogP) is 3.12. The first-order chi connectivity index (χ1) is 9.38. The molecule has 0 aliphatic carbocycles. The molecule has 0 amide bonds. The minimum absolute atomic E-state index is 0.775. The van der Waals surface area contributed by atoms with Gasteiger partial charge in [0, 0.05) is 29.4 Å². The van der Waals surface area contributed by atoms with Crippen molar-refractivity contribution < 1.29 is 5.21 Å². The summed E-state index contributed by atoms with van der Waals surface area (Å²) in [4.78, 5) is 6.66. The zero-order valence-electron chi connectivity index (χ0n) is 10.5. The van der Waals surface area contributed by atoms with Gasteiger partial charge in [-0.15, -0.1) is 11.3 Å². The first kappa shape index (κ1) is 12.2. The van der Waals surface area contributed by atoms with E-state index in [0.717, 1.165) is 47.9 Å². The van der Waals surface area contributed by atoms with E-state index in [1.54, 1.807) is 11.3 Å². The van der Waals surface area contributed by atoms with Gasteiger partial charge in [-0.1, -0.05) is 23.4 Å². The number of nitrogens with zero attached hydrogens (tertiary/aromatic N) is 3. The van der Waals surface area contributed by atoms with E-state index in [0.29, 0.717) is 0 Å². The van der Waals surface area contributed by atoms with Crippen molar-refractivity contribution in [1.29, 1.82) is 0 Å². The van der Waals surface area contributed by atoms with Crippen molar-refractivity contribution in [1.82, 2.24) is 4.98 Å². The Hall–Kier alpha value is -1.88. The third-order valence-corrected chi connectivity index (χ3v) is 4.09. The van der Waals surface area contributed by atoms with Gasteiger partial charge in [-0.3, -0.25) is 0 Å². The van der Waals surface area contributed by atoms with Crippen molar-refractivity contribution in [3.63, 3.8) is 0 Å². The molecule has 0 atom stereocenters. The highest BCUT2D eigenvalue weighted by molar-refractivity contribution is 7.09. The fraction of sp³-hybridized carbons (Fsp3) is 0.286. The summed E-state index contributed by atoms with van der Waals surface area (Å²) in [5.74, 6) is 0. The van der Waals surface area contributed by atoms with Crippen LogP contribution in [-0.4, -0.2) is 22.4 Å². The summed E-state index contributed by atoms with van der Waals surface area (Å²) in [6.07, 6.45) is 3.63. The number of anilines is 1. The molecule has 0 fully saturated rings. The lowest BCUT2D eigenvalue weighted by Gasteiger charge is -2.23. The van der Waals surface area contributed by atoms with E-state index in [1.165, 1.54) is 0 Å². The predicted molar refractivity (Wildman–Crippen MR) is 77.2 cm³/mol. The van der Waals surface area contributed by atoms with E-state index in [1.807, 2.05) is 29.8 Å². The molecule has 0 bridgehead atoms. The van der Waals surface area contributed by atoms with Crippen molar-refractivity contribution in [3.05, 3.63) is 46.4 Å². The Balaban J connectivity index is 1.97. The molecule has 1 aliphatic rings. The minimum atomic E-state index is 0.775. The number of thiazole rings is 1. The summed E-state index contributed by atoms with van der Waals surface area (Å²) in [7, 11) is 0. The molecule has 4 nitrogen and oxygen atoms in total. The van der Waals surface area contributed by atoms with Gasteiger partial charge in [-0.2, -0.15) is 0 Å². The topological polar surface area (TPSA) is 48.7 Å². The molecule has 0 radical (unpaired) electrons. The second-order valence-corrected chi connectivity index (χ2v) is 5.49. The lowest BCUT2D eigenvalue weighted by Crippen LogP contribution is -2.23. The summed E-state index contributed by atoms with van der Waals surface area (Å²) in [5.41, 5.74) is 2.93. The Labute approximate surface area is 116 Å². The average molecular weight is 273 g/mol. The molecule has 5 heteroatoms. The number of hydrogen-bond acceptors (Lipinski definition) is 5. The molecule has 98 valence electrons. The summed E-state index contributed by atoms with van der Waals surface area (Å²) < 4.78 is 0. The summed E-state index contributed by atoms with van der Waals surface area (Å²) in [5, 5.41) is 15.7. The van der Waals surface area contributed by atoms with Crippen LogP contribution in [0.2, 0.25) is 0 Å². The Bertz CT molecular complexity index is 580. The van der Waals surface area contributed by atoms with Gasteiger partial charge >= 0.3 is 0 Å². The van der Waals surface area contributed by atoms with Crippen LogP contribution in [-0.2, 0) is 6.54 Å². The molecule has 0 unspecified atom stereocenters. The van der Waals surface area contributed by atoms with Crippen LogP contribution >= 0.6 is 11.3 Å². The monoisotopic (exact) mass is 273 g/mol. The van der Waals surface area contributed by atoms with Gasteiger partial charge in [0.1, 0.15) is 5.01 Å². The highest BCUT2D eigenvalue weighted by Crippen LogP contribution is 2.28. The van der Waals surface area contributed by atoms with Gasteiger partial charge in [0.2, 0.25) is 0 Å². The van der Waals surface area contributed by atoms with Gasteiger partial charge in [-0.05, 0) is 18.9 Å². The van der Waals surface area contributed by atoms with E-state index in [2.05, 4.69) is 21.1 Å². The van der Waals surface area contributed by atoms with Crippen LogP contribution in [0.5, 0.6) is 0 Å². The molecule has 1 aromatic heterocycles. The van der Waals surface area contributed by atoms with Gasteiger partial charge in [0.25, 0.3) is 0 Å². The number of hydrogen-bond donors (Lipinski definition) is 1. The number of rotatable bonds is 2. The van der Waals surface area contributed by atoms with Crippen LogP contribution in [0.3, 0.4) is 0 Å². The maximum Gasteiger partial charge on any atom is 0.112 e. The van der Waals surface area contributed by atoms with Crippen LogP contribution < -0.4 is 4.90 Å². The molecule has 0 saturated heterocycles. The fourth-order valence-electron chi connectivity index (χ4n) is 2.45. The summed E-state index contributed by atoms with van der Waals surface area (Å²) >= 11 is 1.67. The quantitative estimate of drug-likeness (QED) is 0.675. The van der Waals surface area contributed by atoms with Crippen molar-refractivity contribution in [2.45, 2.75) is 19.4 Å². The molecule has 1 aliphatic heterocycles. The number of para-hydroxylation sites is 1. The maximum absolute atomic E-state index is 9.16. The van der Waals surface area contributed by atoms with Crippen molar-refractivity contribution in [3.8, 4) is 0 Å². The number of oxime groups is 1. The summed E-state index contributed by atoms with van der Waals surface area (Å²) in [6, 6.07) is 8.11. The fourth-order valence-corrected chi connectivity index (χ4v) is 3.08.